The van der Waals surface area contributed by atoms with Crippen molar-refractivity contribution in [2.45, 2.75) is 19.9 Å². The van der Waals surface area contributed by atoms with Crippen LogP contribution in [0.5, 0.6) is 0 Å². The Morgan fingerprint density at radius 2 is 2.19 bits per heavy atom. The molecule has 0 fully saturated rings. The molecule has 1 rings (SSSR count). The smallest absolute Gasteiger partial charge is 0.261 e. The van der Waals surface area contributed by atoms with Crippen molar-refractivity contribution in [3.8, 4) is 0 Å². The number of nitrogens with one attached hydrogen (secondary N) is 1. The molecule has 1 aromatic rings. The Labute approximate surface area is 113 Å². The summed E-state index contributed by atoms with van der Waals surface area (Å²) >= 11 is 9.62. The molecule has 0 aromatic carbocycles. The van der Waals surface area contributed by atoms with E-state index in [1.807, 2.05) is 19.9 Å². The summed E-state index contributed by atoms with van der Waals surface area (Å²) in [5.41, 5.74) is 5.58. The van der Waals surface area contributed by atoms with Crippen LogP contribution in [0.4, 0.5) is 0 Å². The van der Waals surface area contributed by atoms with Crippen LogP contribution in [-0.4, -0.2) is 16.9 Å². The van der Waals surface area contributed by atoms with E-state index in [1.165, 1.54) is 11.3 Å². The fourth-order valence-electron chi connectivity index (χ4n) is 1.22. The Morgan fingerprint density at radius 1 is 1.56 bits per heavy atom. The fraction of sp³-hybridized carbons (Fsp3) is 0.400. The minimum Gasteiger partial charge on any atom is -0.392 e. The van der Waals surface area contributed by atoms with Crippen molar-refractivity contribution in [3.63, 3.8) is 0 Å². The molecule has 0 aliphatic heterocycles. The third-order valence-electron chi connectivity index (χ3n) is 2.06. The van der Waals surface area contributed by atoms with Gasteiger partial charge in [0.15, 0.2) is 0 Å². The first-order valence-corrected chi connectivity index (χ1v) is 6.79. The molecule has 0 bridgehead atoms. The average molecular weight is 321 g/mol. The topological polar surface area (TPSA) is 55.1 Å². The minimum absolute atomic E-state index is 0.137. The van der Waals surface area contributed by atoms with Crippen molar-refractivity contribution < 1.29 is 4.79 Å². The first kappa shape index (κ1) is 13.6. The van der Waals surface area contributed by atoms with Crippen molar-refractivity contribution >= 4 is 50.4 Å². The highest BCUT2D eigenvalue weighted by Crippen LogP contribution is 2.22. The number of halogens is 1. The number of nitrogens with two attached hydrogens (primary N) is 1. The van der Waals surface area contributed by atoms with Crippen LogP contribution in [0.1, 0.15) is 23.5 Å². The van der Waals surface area contributed by atoms with Crippen molar-refractivity contribution in [2.75, 3.05) is 0 Å². The zero-order chi connectivity index (χ0) is 12.3. The van der Waals surface area contributed by atoms with Gasteiger partial charge in [0, 0.05) is 0 Å². The highest BCUT2D eigenvalue weighted by Gasteiger charge is 2.20. The number of carbonyl (C=O) groups is 1. The lowest BCUT2D eigenvalue weighted by molar-refractivity contribution is 0.0944. The zero-order valence-electron chi connectivity index (χ0n) is 8.99. The van der Waals surface area contributed by atoms with E-state index in [9.17, 15) is 4.79 Å². The number of hydrogen-bond donors (Lipinski definition) is 2. The number of amides is 1. The number of thiophene rings is 1. The van der Waals surface area contributed by atoms with Gasteiger partial charge in [0.25, 0.3) is 5.91 Å². The van der Waals surface area contributed by atoms with Crippen LogP contribution in [0, 0.1) is 5.92 Å². The normalized spacial score (nSPS) is 12.5. The van der Waals surface area contributed by atoms with E-state index in [0.29, 0.717) is 9.87 Å². The van der Waals surface area contributed by atoms with Crippen LogP contribution < -0.4 is 11.1 Å². The summed E-state index contributed by atoms with van der Waals surface area (Å²) in [5, 5.41) is 2.83. The summed E-state index contributed by atoms with van der Waals surface area (Å²) < 4.78 is 0.925. The highest BCUT2D eigenvalue weighted by molar-refractivity contribution is 9.11. The number of rotatable bonds is 4. The Kier molecular flexibility index (Phi) is 4.89. The quantitative estimate of drug-likeness (QED) is 0.838. The standard InChI is InChI=1S/C10H13BrN2OS2/c1-5(2)8(9(12)15)13-10(14)6-3-4-7(11)16-6/h3-5,8H,1-2H3,(H2,12,15)(H,13,14). The van der Waals surface area contributed by atoms with Crippen LogP contribution in [-0.2, 0) is 0 Å². The Balaban J connectivity index is 2.73. The van der Waals surface area contributed by atoms with Crippen molar-refractivity contribution in [1.82, 2.24) is 5.32 Å². The highest BCUT2D eigenvalue weighted by atomic mass is 79.9. The maximum atomic E-state index is 11.8. The predicted octanol–water partition coefficient (Wildman–Crippen LogP) is 2.55. The average Bonchev–Trinajstić information content (AvgIpc) is 2.59. The van der Waals surface area contributed by atoms with E-state index >= 15 is 0 Å². The van der Waals surface area contributed by atoms with E-state index in [1.54, 1.807) is 6.07 Å². The molecule has 1 unspecified atom stereocenters. The molecule has 3 nitrogen and oxygen atoms in total. The van der Waals surface area contributed by atoms with Gasteiger partial charge in [0.05, 0.1) is 19.7 Å². The molecule has 0 aliphatic carbocycles. The van der Waals surface area contributed by atoms with Crippen LogP contribution >= 0.6 is 39.5 Å². The van der Waals surface area contributed by atoms with Crippen LogP contribution in [0.2, 0.25) is 0 Å². The molecule has 0 radical (unpaired) electrons. The molecule has 0 saturated heterocycles. The molecule has 1 amide bonds. The van der Waals surface area contributed by atoms with E-state index in [4.69, 9.17) is 18.0 Å². The molecule has 1 aromatic heterocycles. The zero-order valence-corrected chi connectivity index (χ0v) is 12.2. The summed E-state index contributed by atoms with van der Waals surface area (Å²) in [4.78, 5) is 12.8. The molecule has 1 heterocycles. The lowest BCUT2D eigenvalue weighted by Crippen LogP contribution is -2.46. The van der Waals surface area contributed by atoms with Gasteiger partial charge in [-0.05, 0) is 34.0 Å². The number of carbonyl (C=O) groups excluding carboxylic acids is 1. The summed E-state index contributed by atoms with van der Waals surface area (Å²) in [6.45, 7) is 3.93. The van der Waals surface area contributed by atoms with Gasteiger partial charge < -0.3 is 11.1 Å². The van der Waals surface area contributed by atoms with Gasteiger partial charge in [-0.15, -0.1) is 11.3 Å². The molecular formula is C10H13BrN2OS2. The van der Waals surface area contributed by atoms with Gasteiger partial charge in [-0.25, -0.2) is 0 Å². The SMILES string of the molecule is CC(C)C(NC(=O)c1ccc(Br)s1)C(N)=S. The minimum atomic E-state index is -0.261. The van der Waals surface area contributed by atoms with Crippen molar-refractivity contribution in [3.05, 3.63) is 20.8 Å². The van der Waals surface area contributed by atoms with Crippen LogP contribution in [0.15, 0.2) is 15.9 Å². The molecule has 1 atom stereocenters. The summed E-state index contributed by atoms with van der Waals surface area (Å²) in [6.07, 6.45) is 0. The predicted molar refractivity (Wildman–Crippen MR) is 74.9 cm³/mol. The number of hydrogen-bond acceptors (Lipinski definition) is 3. The summed E-state index contributed by atoms with van der Waals surface area (Å²) in [6, 6.07) is 3.34. The number of thiocarbonyl (C=S) groups is 1. The second kappa shape index (κ2) is 5.75. The van der Waals surface area contributed by atoms with Gasteiger partial charge in [0.1, 0.15) is 0 Å². The molecule has 6 heteroatoms. The second-order valence-electron chi connectivity index (χ2n) is 3.70. The van der Waals surface area contributed by atoms with Crippen molar-refractivity contribution in [1.29, 1.82) is 0 Å². The first-order chi connectivity index (χ1) is 7.41. The molecular weight excluding hydrogens is 308 g/mol. The Bertz CT molecular complexity index is 403. The lowest BCUT2D eigenvalue weighted by atomic mass is 10.0. The van der Waals surface area contributed by atoms with Crippen LogP contribution in [0.25, 0.3) is 0 Å². The van der Waals surface area contributed by atoms with E-state index in [-0.39, 0.29) is 17.9 Å². The van der Waals surface area contributed by atoms with Gasteiger partial charge in [-0.1, -0.05) is 26.1 Å². The Hall–Kier alpha value is -0.460. The maximum Gasteiger partial charge on any atom is 0.261 e. The molecule has 3 N–H and O–H groups in total. The molecule has 0 aliphatic rings. The fourth-order valence-corrected chi connectivity index (χ4v) is 2.84. The lowest BCUT2D eigenvalue weighted by Gasteiger charge is -2.20. The van der Waals surface area contributed by atoms with Crippen LogP contribution in [0.3, 0.4) is 0 Å². The molecule has 0 saturated carbocycles. The van der Waals surface area contributed by atoms with E-state index < -0.39 is 0 Å². The van der Waals surface area contributed by atoms with Gasteiger partial charge in [-0.3, -0.25) is 4.79 Å². The first-order valence-electron chi connectivity index (χ1n) is 4.77. The van der Waals surface area contributed by atoms with Gasteiger partial charge in [-0.2, -0.15) is 0 Å². The summed E-state index contributed by atoms with van der Waals surface area (Å²) in [5.74, 6) is 0.0482. The third kappa shape index (κ3) is 3.54. The monoisotopic (exact) mass is 320 g/mol. The Morgan fingerprint density at radius 3 is 2.56 bits per heavy atom. The summed E-state index contributed by atoms with van der Waals surface area (Å²) in [7, 11) is 0. The maximum absolute atomic E-state index is 11.8. The van der Waals surface area contributed by atoms with E-state index in [2.05, 4.69) is 21.2 Å². The van der Waals surface area contributed by atoms with Gasteiger partial charge in [0.2, 0.25) is 0 Å². The largest absolute Gasteiger partial charge is 0.392 e. The van der Waals surface area contributed by atoms with E-state index in [0.717, 1.165) is 3.79 Å². The van der Waals surface area contributed by atoms with Gasteiger partial charge >= 0.3 is 0 Å². The molecule has 16 heavy (non-hydrogen) atoms. The second-order valence-corrected chi connectivity index (χ2v) is 6.64. The van der Waals surface area contributed by atoms with Crippen molar-refractivity contribution in [2.24, 2.45) is 11.7 Å². The molecule has 0 spiro atoms. The third-order valence-corrected chi connectivity index (χ3v) is 3.93. The molecule has 88 valence electrons.